The van der Waals surface area contributed by atoms with Crippen LogP contribution in [-0.2, 0) is 11.0 Å². The van der Waals surface area contributed by atoms with Gasteiger partial charge in [-0.2, -0.15) is 0 Å². The summed E-state index contributed by atoms with van der Waals surface area (Å²) in [6, 6.07) is 9.30. The van der Waals surface area contributed by atoms with Gasteiger partial charge in [-0.3, -0.25) is 4.57 Å². The van der Waals surface area contributed by atoms with Crippen molar-refractivity contribution in [2.24, 2.45) is 11.7 Å². The maximum Gasteiger partial charge on any atom is 0.244 e. The molecule has 0 aliphatic carbocycles. The number of hydrogen-bond donors (Lipinski definition) is 3. The number of nitrogens with two attached hydrogens (primary N) is 1. The lowest BCUT2D eigenvalue weighted by Gasteiger charge is -2.25. The Morgan fingerprint density at radius 3 is 2.33 bits per heavy atom. The van der Waals surface area contributed by atoms with Gasteiger partial charge in [0.15, 0.2) is 0 Å². The first kappa shape index (κ1) is 15.4. The van der Waals surface area contributed by atoms with E-state index in [1.165, 1.54) is 0 Å². The summed E-state index contributed by atoms with van der Waals surface area (Å²) < 4.78 is 12.1. The van der Waals surface area contributed by atoms with E-state index in [2.05, 4.69) is 0 Å². The van der Waals surface area contributed by atoms with Crippen LogP contribution in [0.4, 0.5) is 0 Å². The number of benzene rings is 1. The van der Waals surface area contributed by atoms with E-state index in [0.717, 1.165) is 5.56 Å². The summed E-state index contributed by atoms with van der Waals surface area (Å²) in [6.45, 7) is 3.79. The van der Waals surface area contributed by atoms with Crippen molar-refractivity contribution < 1.29 is 14.6 Å². The fourth-order valence-corrected chi connectivity index (χ4v) is 3.42. The Kier molecular flexibility index (Phi) is 5.54. The Balaban J connectivity index is 2.70. The molecular weight excluding hydrogens is 249 g/mol. The zero-order valence-corrected chi connectivity index (χ0v) is 11.8. The maximum atomic E-state index is 12.1. The largest absolute Gasteiger partial charge is 0.383 e. The van der Waals surface area contributed by atoms with Gasteiger partial charge in [0.25, 0.3) is 0 Å². The van der Waals surface area contributed by atoms with Gasteiger partial charge in [-0.05, 0) is 24.3 Å². The van der Waals surface area contributed by atoms with Gasteiger partial charge in [-0.15, -0.1) is 0 Å². The normalized spacial score (nSPS) is 18.3. The highest BCUT2D eigenvalue weighted by atomic mass is 31.2. The average molecular weight is 271 g/mol. The van der Waals surface area contributed by atoms with Crippen LogP contribution in [0.5, 0.6) is 0 Å². The first-order chi connectivity index (χ1) is 8.34. The predicted octanol–water partition coefficient (Wildman–Crippen LogP) is 2.15. The van der Waals surface area contributed by atoms with Gasteiger partial charge >= 0.3 is 0 Å². The molecule has 18 heavy (non-hydrogen) atoms. The third-order valence-electron chi connectivity index (χ3n) is 2.87. The van der Waals surface area contributed by atoms with Crippen molar-refractivity contribution in [3.63, 3.8) is 0 Å². The van der Waals surface area contributed by atoms with Gasteiger partial charge in [-0.25, -0.2) is 0 Å². The van der Waals surface area contributed by atoms with E-state index >= 15 is 0 Å². The third-order valence-corrected chi connectivity index (χ3v) is 5.07. The summed E-state index contributed by atoms with van der Waals surface area (Å²) in [4.78, 5) is 9.94. The lowest BCUT2D eigenvalue weighted by molar-refractivity contribution is 0.200. The monoisotopic (exact) mass is 271 g/mol. The van der Waals surface area contributed by atoms with E-state index in [0.29, 0.717) is 6.42 Å². The summed E-state index contributed by atoms with van der Waals surface area (Å²) in [5.41, 5.74) is 6.69. The lowest BCUT2D eigenvalue weighted by atomic mass is 10.1. The molecule has 0 radical (unpaired) electrons. The molecule has 0 aliphatic heterocycles. The molecule has 0 spiro atoms. The molecule has 0 fully saturated rings. The summed E-state index contributed by atoms with van der Waals surface area (Å²) in [5.74, 6) is -2.01. The second-order valence-corrected chi connectivity index (χ2v) is 7.64. The molecule has 4 nitrogen and oxygen atoms in total. The molecule has 0 saturated carbocycles. The molecule has 4 N–H and O–H groups in total. The van der Waals surface area contributed by atoms with Gasteiger partial charge in [0.1, 0.15) is 5.85 Å². The zero-order valence-electron chi connectivity index (χ0n) is 10.9. The molecule has 3 unspecified atom stereocenters. The Hall–Kier alpha value is -0.670. The van der Waals surface area contributed by atoms with Gasteiger partial charge in [0.2, 0.25) is 7.37 Å². The molecule has 1 aromatic rings. The summed E-state index contributed by atoms with van der Waals surface area (Å²) >= 11 is 0. The van der Waals surface area contributed by atoms with Gasteiger partial charge in [-0.1, -0.05) is 44.2 Å². The number of aliphatic hydroxyl groups is 1. The smallest absolute Gasteiger partial charge is 0.244 e. The topological polar surface area (TPSA) is 83.5 Å². The Morgan fingerprint density at radius 2 is 1.83 bits per heavy atom. The summed E-state index contributed by atoms with van der Waals surface area (Å²) in [6.07, 6.45) is 0.583. The van der Waals surface area contributed by atoms with E-state index in [1.807, 2.05) is 44.2 Å². The van der Waals surface area contributed by atoms with Crippen molar-refractivity contribution in [3.05, 3.63) is 35.9 Å². The van der Waals surface area contributed by atoms with Crippen LogP contribution in [0.1, 0.15) is 25.8 Å². The minimum absolute atomic E-state index is 0.157. The second kappa shape index (κ2) is 6.48. The van der Waals surface area contributed by atoms with Crippen LogP contribution in [0, 0.1) is 5.92 Å². The second-order valence-electron chi connectivity index (χ2n) is 5.04. The maximum absolute atomic E-state index is 12.1. The molecule has 0 amide bonds. The molecule has 1 aromatic carbocycles. The Bertz CT molecular complexity index is 408. The van der Waals surface area contributed by atoms with Crippen LogP contribution in [0.3, 0.4) is 0 Å². The molecular formula is C13H22NO3P. The van der Waals surface area contributed by atoms with Crippen LogP contribution in [0.25, 0.3) is 0 Å². The van der Waals surface area contributed by atoms with E-state index in [-0.39, 0.29) is 12.3 Å². The van der Waals surface area contributed by atoms with Crippen molar-refractivity contribution >= 4 is 7.37 Å². The lowest BCUT2D eigenvalue weighted by Crippen LogP contribution is -2.29. The highest BCUT2D eigenvalue weighted by Crippen LogP contribution is 2.50. The third kappa shape index (κ3) is 4.21. The molecule has 0 saturated heterocycles. The van der Waals surface area contributed by atoms with Crippen LogP contribution in [0.2, 0.25) is 0 Å². The molecule has 1 rings (SSSR count). The van der Waals surface area contributed by atoms with E-state index < -0.39 is 19.0 Å². The SMILES string of the molecule is CC(C)CC(O)P(=O)(O)C(N)Cc1ccccc1. The highest BCUT2D eigenvalue weighted by Gasteiger charge is 2.36. The zero-order chi connectivity index (χ0) is 13.8. The highest BCUT2D eigenvalue weighted by molar-refractivity contribution is 7.59. The fraction of sp³-hybridized carbons (Fsp3) is 0.538. The Morgan fingerprint density at radius 1 is 1.28 bits per heavy atom. The van der Waals surface area contributed by atoms with E-state index in [9.17, 15) is 14.6 Å². The molecule has 5 heteroatoms. The minimum atomic E-state index is -3.76. The predicted molar refractivity (Wildman–Crippen MR) is 73.4 cm³/mol. The van der Waals surface area contributed by atoms with Crippen molar-refractivity contribution in [3.8, 4) is 0 Å². The van der Waals surface area contributed by atoms with Crippen molar-refractivity contribution in [1.82, 2.24) is 0 Å². The van der Waals surface area contributed by atoms with Crippen LogP contribution >= 0.6 is 7.37 Å². The minimum Gasteiger partial charge on any atom is -0.383 e. The van der Waals surface area contributed by atoms with E-state index in [4.69, 9.17) is 5.73 Å². The molecule has 3 atom stereocenters. The summed E-state index contributed by atoms with van der Waals surface area (Å²) in [5, 5.41) is 9.80. The number of aliphatic hydroxyl groups excluding tert-OH is 1. The van der Waals surface area contributed by atoms with Crippen LogP contribution in [0.15, 0.2) is 30.3 Å². The Labute approximate surface area is 108 Å². The molecule has 0 heterocycles. The molecule has 0 bridgehead atoms. The first-order valence-electron chi connectivity index (χ1n) is 6.13. The van der Waals surface area contributed by atoms with Gasteiger partial charge in [0, 0.05) is 0 Å². The fourth-order valence-electron chi connectivity index (χ4n) is 1.78. The van der Waals surface area contributed by atoms with Crippen molar-refractivity contribution in [1.29, 1.82) is 0 Å². The van der Waals surface area contributed by atoms with Crippen molar-refractivity contribution in [2.45, 2.75) is 38.3 Å². The number of hydrogen-bond acceptors (Lipinski definition) is 3. The quantitative estimate of drug-likeness (QED) is 0.692. The number of rotatable bonds is 6. The first-order valence-corrected chi connectivity index (χ1v) is 7.93. The van der Waals surface area contributed by atoms with Crippen LogP contribution < -0.4 is 5.73 Å². The van der Waals surface area contributed by atoms with Crippen molar-refractivity contribution in [2.75, 3.05) is 0 Å². The van der Waals surface area contributed by atoms with Gasteiger partial charge in [0.05, 0.1) is 5.78 Å². The van der Waals surface area contributed by atoms with Gasteiger partial charge < -0.3 is 15.7 Å². The standard InChI is InChI=1S/C13H22NO3P/c1-10(2)8-13(15)18(16,17)12(14)9-11-6-4-3-5-7-11/h3-7,10,12-13,15H,8-9,14H2,1-2H3,(H,16,17). The van der Waals surface area contributed by atoms with Crippen LogP contribution in [-0.4, -0.2) is 21.6 Å². The van der Waals surface area contributed by atoms with E-state index in [1.54, 1.807) is 0 Å². The molecule has 102 valence electrons. The average Bonchev–Trinajstić information content (AvgIpc) is 2.29. The summed E-state index contributed by atoms with van der Waals surface area (Å²) in [7, 11) is -3.76. The molecule has 0 aliphatic rings. The molecule has 0 aromatic heterocycles.